The van der Waals surface area contributed by atoms with E-state index in [4.69, 9.17) is 10.5 Å². The highest BCUT2D eigenvalue weighted by atomic mass is 19.1. The molecular formula is C16H16FNO2. The quantitative estimate of drug-likeness (QED) is 0.930. The summed E-state index contributed by atoms with van der Waals surface area (Å²) in [6.07, 6.45) is 0. The van der Waals surface area contributed by atoms with Crippen LogP contribution in [0.4, 0.5) is 4.39 Å². The van der Waals surface area contributed by atoms with Crippen molar-refractivity contribution in [3.63, 3.8) is 0 Å². The molecule has 1 amide bonds. The highest BCUT2D eigenvalue weighted by molar-refractivity contribution is 5.92. The number of para-hydroxylation sites is 1. The molecule has 2 aromatic carbocycles. The van der Waals surface area contributed by atoms with E-state index in [2.05, 4.69) is 0 Å². The summed E-state index contributed by atoms with van der Waals surface area (Å²) in [7, 11) is 0. The molecule has 0 saturated carbocycles. The van der Waals surface area contributed by atoms with Gasteiger partial charge in [0.2, 0.25) is 5.91 Å². The van der Waals surface area contributed by atoms with Crippen LogP contribution in [0.25, 0.3) is 0 Å². The van der Waals surface area contributed by atoms with Crippen molar-refractivity contribution in [3.8, 4) is 5.75 Å². The summed E-state index contributed by atoms with van der Waals surface area (Å²) in [5.41, 5.74) is 7.64. The van der Waals surface area contributed by atoms with Gasteiger partial charge in [0.05, 0.1) is 0 Å². The van der Waals surface area contributed by atoms with E-state index in [0.717, 1.165) is 22.9 Å². The lowest BCUT2D eigenvalue weighted by Crippen LogP contribution is -2.12. The largest absolute Gasteiger partial charge is 0.488 e. The number of hydrogen-bond acceptors (Lipinski definition) is 2. The van der Waals surface area contributed by atoms with Gasteiger partial charge in [-0.25, -0.2) is 4.39 Å². The molecule has 0 aliphatic carbocycles. The van der Waals surface area contributed by atoms with Crippen molar-refractivity contribution in [2.75, 3.05) is 0 Å². The maximum absolute atomic E-state index is 13.8. The SMILES string of the molecule is Cc1cccc(C)c1OCc1ccc(C(N)=O)cc1F. The molecule has 0 unspecified atom stereocenters. The van der Waals surface area contributed by atoms with Crippen molar-refractivity contribution < 1.29 is 13.9 Å². The molecule has 2 rings (SSSR count). The maximum Gasteiger partial charge on any atom is 0.248 e. The maximum atomic E-state index is 13.8. The van der Waals surface area contributed by atoms with Gasteiger partial charge in [0.25, 0.3) is 0 Å². The van der Waals surface area contributed by atoms with Crippen molar-refractivity contribution in [1.82, 2.24) is 0 Å². The Morgan fingerprint density at radius 2 is 1.85 bits per heavy atom. The molecule has 0 atom stereocenters. The lowest BCUT2D eigenvalue weighted by atomic mass is 10.1. The normalized spacial score (nSPS) is 10.3. The molecule has 0 heterocycles. The van der Waals surface area contributed by atoms with Crippen molar-refractivity contribution >= 4 is 5.91 Å². The number of halogens is 1. The van der Waals surface area contributed by atoms with Crippen LogP contribution >= 0.6 is 0 Å². The summed E-state index contributed by atoms with van der Waals surface area (Å²) in [5.74, 6) is -0.385. The zero-order chi connectivity index (χ0) is 14.7. The van der Waals surface area contributed by atoms with E-state index in [1.807, 2.05) is 32.0 Å². The Kier molecular flexibility index (Phi) is 4.03. The fraction of sp³-hybridized carbons (Fsp3) is 0.188. The molecule has 0 spiro atoms. The third-order valence-corrected chi connectivity index (χ3v) is 3.12. The van der Waals surface area contributed by atoms with Crippen LogP contribution in [0.15, 0.2) is 36.4 Å². The van der Waals surface area contributed by atoms with E-state index in [9.17, 15) is 9.18 Å². The molecule has 2 aromatic rings. The molecule has 0 aliphatic heterocycles. The van der Waals surface area contributed by atoms with E-state index in [1.54, 1.807) is 0 Å². The zero-order valence-corrected chi connectivity index (χ0v) is 11.4. The number of amides is 1. The third kappa shape index (κ3) is 2.96. The molecule has 0 saturated heterocycles. The first-order valence-corrected chi connectivity index (χ1v) is 6.26. The second kappa shape index (κ2) is 5.74. The smallest absolute Gasteiger partial charge is 0.248 e. The summed E-state index contributed by atoms with van der Waals surface area (Å²) in [4.78, 5) is 11.0. The molecule has 2 N–H and O–H groups in total. The number of hydrogen-bond donors (Lipinski definition) is 1. The summed E-state index contributed by atoms with van der Waals surface area (Å²) >= 11 is 0. The molecule has 3 nitrogen and oxygen atoms in total. The van der Waals surface area contributed by atoms with Gasteiger partial charge in [-0.15, -0.1) is 0 Å². The molecule has 0 radical (unpaired) electrons. The monoisotopic (exact) mass is 273 g/mol. The second-order valence-electron chi connectivity index (χ2n) is 4.68. The van der Waals surface area contributed by atoms with Crippen LogP contribution in [-0.4, -0.2) is 5.91 Å². The van der Waals surface area contributed by atoms with Crippen molar-refractivity contribution in [2.45, 2.75) is 20.5 Å². The number of rotatable bonds is 4. The third-order valence-electron chi connectivity index (χ3n) is 3.12. The molecule has 0 bridgehead atoms. The Labute approximate surface area is 117 Å². The number of carbonyl (C=O) groups is 1. The first-order chi connectivity index (χ1) is 9.49. The standard InChI is InChI=1S/C16H16FNO2/c1-10-4-3-5-11(2)15(10)20-9-13-7-6-12(16(18)19)8-14(13)17/h3-8H,9H2,1-2H3,(H2,18,19). The van der Waals surface area contributed by atoms with Crippen LogP contribution in [-0.2, 0) is 6.61 Å². The summed E-state index contributed by atoms with van der Waals surface area (Å²) in [5, 5.41) is 0. The zero-order valence-electron chi connectivity index (χ0n) is 11.4. The van der Waals surface area contributed by atoms with Gasteiger partial charge in [-0.3, -0.25) is 4.79 Å². The van der Waals surface area contributed by atoms with Crippen molar-refractivity contribution in [2.24, 2.45) is 5.73 Å². The van der Waals surface area contributed by atoms with Gasteiger partial charge < -0.3 is 10.5 Å². The summed E-state index contributed by atoms with van der Waals surface area (Å²) in [6.45, 7) is 3.99. The van der Waals surface area contributed by atoms with Gasteiger partial charge >= 0.3 is 0 Å². The van der Waals surface area contributed by atoms with Crippen LogP contribution < -0.4 is 10.5 Å². The topological polar surface area (TPSA) is 52.3 Å². The second-order valence-corrected chi connectivity index (χ2v) is 4.68. The first-order valence-electron chi connectivity index (χ1n) is 6.26. The number of benzene rings is 2. The molecular weight excluding hydrogens is 257 g/mol. The number of primary amides is 1. The molecule has 20 heavy (non-hydrogen) atoms. The van der Waals surface area contributed by atoms with Crippen LogP contribution in [0.2, 0.25) is 0 Å². The number of ether oxygens (including phenoxy) is 1. The number of carbonyl (C=O) groups excluding carboxylic acids is 1. The van der Waals surface area contributed by atoms with Crippen molar-refractivity contribution in [3.05, 3.63) is 64.5 Å². The fourth-order valence-electron chi connectivity index (χ4n) is 1.99. The van der Waals surface area contributed by atoms with Crippen LogP contribution in [0, 0.1) is 19.7 Å². The van der Waals surface area contributed by atoms with E-state index < -0.39 is 11.7 Å². The Bertz CT molecular complexity index is 633. The van der Waals surface area contributed by atoms with Crippen LogP contribution in [0.5, 0.6) is 5.75 Å². The average Bonchev–Trinajstić information content (AvgIpc) is 2.39. The predicted octanol–water partition coefficient (Wildman–Crippen LogP) is 3.12. The molecule has 104 valence electrons. The average molecular weight is 273 g/mol. The number of aryl methyl sites for hydroxylation is 2. The van der Waals surface area contributed by atoms with E-state index in [1.165, 1.54) is 12.1 Å². The number of nitrogens with two attached hydrogens (primary N) is 1. The highest BCUT2D eigenvalue weighted by Gasteiger charge is 2.09. The minimum Gasteiger partial charge on any atom is -0.488 e. The molecule has 0 aromatic heterocycles. The van der Waals surface area contributed by atoms with Gasteiger partial charge in [-0.2, -0.15) is 0 Å². The Balaban J connectivity index is 2.17. The summed E-state index contributed by atoms with van der Waals surface area (Å²) in [6, 6.07) is 9.97. The Hall–Kier alpha value is -2.36. The van der Waals surface area contributed by atoms with E-state index >= 15 is 0 Å². The first kappa shape index (κ1) is 14.1. The summed E-state index contributed by atoms with van der Waals surface area (Å²) < 4.78 is 19.5. The van der Waals surface area contributed by atoms with E-state index in [-0.39, 0.29) is 12.2 Å². The lowest BCUT2D eigenvalue weighted by Gasteiger charge is -2.12. The van der Waals surface area contributed by atoms with E-state index in [0.29, 0.717) is 5.56 Å². The fourth-order valence-corrected chi connectivity index (χ4v) is 1.99. The predicted molar refractivity (Wildman–Crippen MR) is 75.2 cm³/mol. The van der Waals surface area contributed by atoms with Crippen molar-refractivity contribution in [1.29, 1.82) is 0 Å². The lowest BCUT2D eigenvalue weighted by molar-refractivity contribution is 0.0999. The van der Waals surface area contributed by atoms with Gasteiger partial charge in [0.1, 0.15) is 18.2 Å². The van der Waals surface area contributed by atoms with Crippen LogP contribution in [0.3, 0.4) is 0 Å². The minimum atomic E-state index is -0.647. The van der Waals surface area contributed by atoms with Gasteiger partial charge in [0, 0.05) is 11.1 Å². The molecule has 4 heteroatoms. The van der Waals surface area contributed by atoms with Gasteiger partial charge in [-0.1, -0.05) is 24.3 Å². The Morgan fingerprint density at radius 1 is 1.20 bits per heavy atom. The minimum absolute atomic E-state index is 0.108. The van der Waals surface area contributed by atoms with Crippen LogP contribution in [0.1, 0.15) is 27.0 Å². The molecule has 0 aliphatic rings. The Morgan fingerprint density at radius 3 is 2.40 bits per heavy atom. The van der Waals surface area contributed by atoms with Gasteiger partial charge in [-0.05, 0) is 37.1 Å². The highest BCUT2D eigenvalue weighted by Crippen LogP contribution is 2.24. The van der Waals surface area contributed by atoms with Gasteiger partial charge in [0.15, 0.2) is 0 Å². The molecule has 0 fully saturated rings.